The highest BCUT2D eigenvalue weighted by atomic mass is 16.6. The van der Waals surface area contributed by atoms with Crippen LogP contribution in [0.2, 0.25) is 0 Å². The molecular formula is C21H24N2O7. The molecule has 1 atom stereocenters. The van der Waals surface area contributed by atoms with Crippen molar-refractivity contribution >= 4 is 23.3 Å². The molecule has 0 fully saturated rings. The van der Waals surface area contributed by atoms with Crippen LogP contribution in [0.4, 0.5) is 11.4 Å². The summed E-state index contributed by atoms with van der Waals surface area (Å²) in [6.07, 6.45) is -1.19. The van der Waals surface area contributed by atoms with E-state index in [0.717, 1.165) is 17.2 Å². The van der Waals surface area contributed by atoms with Crippen molar-refractivity contribution in [1.82, 2.24) is 0 Å². The molecule has 0 unspecified atom stereocenters. The van der Waals surface area contributed by atoms with Crippen LogP contribution in [0, 0.1) is 24.0 Å². The molecule has 9 nitrogen and oxygen atoms in total. The van der Waals surface area contributed by atoms with Crippen molar-refractivity contribution in [2.24, 2.45) is 0 Å². The zero-order valence-corrected chi connectivity index (χ0v) is 17.5. The van der Waals surface area contributed by atoms with E-state index in [-0.39, 0.29) is 23.7 Å². The van der Waals surface area contributed by atoms with Gasteiger partial charge in [0, 0.05) is 11.8 Å². The fourth-order valence-corrected chi connectivity index (χ4v) is 2.67. The van der Waals surface area contributed by atoms with Gasteiger partial charge in [-0.25, -0.2) is 4.79 Å². The highest BCUT2D eigenvalue weighted by molar-refractivity contribution is 5.99. The van der Waals surface area contributed by atoms with Crippen LogP contribution >= 0.6 is 0 Å². The normalized spacial score (nSPS) is 11.4. The number of aryl methyl sites for hydroxylation is 2. The minimum atomic E-state index is -1.19. The molecule has 0 aliphatic heterocycles. The Morgan fingerprint density at radius 1 is 1.17 bits per heavy atom. The Morgan fingerprint density at radius 3 is 2.47 bits per heavy atom. The summed E-state index contributed by atoms with van der Waals surface area (Å²) < 4.78 is 15.6. The monoisotopic (exact) mass is 416 g/mol. The van der Waals surface area contributed by atoms with Crippen LogP contribution in [0.1, 0.15) is 35.3 Å². The van der Waals surface area contributed by atoms with Gasteiger partial charge >= 0.3 is 5.97 Å². The van der Waals surface area contributed by atoms with Crippen LogP contribution in [-0.4, -0.2) is 36.6 Å². The molecule has 2 aromatic rings. The van der Waals surface area contributed by atoms with Crippen LogP contribution < -0.4 is 14.8 Å². The van der Waals surface area contributed by atoms with E-state index in [9.17, 15) is 19.7 Å². The summed E-state index contributed by atoms with van der Waals surface area (Å²) in [7, 11) is 1.35. The molecule has 0 aliphatic carbocycles. The minimum Gasteiger partial charge on any atom is -0.493 e. The third-order valence-corrected chi connectivity index (χ3v) is 4.30. The lowest BCUT2D eigenvalue weighted by molar-refractivity contribution is -0.385. The van der Waals surface area contributed by atoms with E-state index in [1.54, 1.807) is 13.0 Å². The predicted molar refractivity (Wildman–Crippen MR) is 110 cm³/mol. The van der Waals surface area contributed by atoms with Gasteiger partial charge in [0.25, 0.3) is 11.6 Å². The van der Waals surface area contributed by atoms with E-state index in [1.807, 2.05) is 26.0 Å². The van der Waals surface area contributed by atoms with Crippen molar-refractivity contribution in [3.63, 3.8) is 0 Å². The lowest BCUT2D eigenvalue weighted by Gasteiger charge is -2.16. The third kappa shape index (κ3) is 5.25. The number of nitro groups is 1. The highest BCUT2D eigenvalue weighted by Crippen LogP contribution is 2.35. The van der Waals surface area contributed by atoms with Gasteiger partial charge in [-0.2, -0.15) is 0 Å². The van der Waals surface area contributed by atoms with Crippen molar-refractivity contribution in [1.29, 1.82) is 0 Å². The SMILES string of the molecule is CCOc1cc([N+](=O)[O-])c(C(=O)O[C@H](C)C(=O)Nc2cc(C)ccc2C)cc1OC. The van der Waals surface area contributed by atoms with Crippen molar-refractivity contribution in [2.75, 3.05) is 19.0 Å². The van der Waals surface area contributed by atoms with Gasteiger partial charge in [-0.05, 0) is 44.9 Å². The Labute approximate surface area is 174 Å². The molecule has 9 heteroatoms. The Bertz CT molecular complexity index is 972. The number of carbonyl (C=O) groups is 2. The number of methoxy groups -OCH3 is 1. The number of hydrogen-bond donors (Lipinski definition) is 1. The Balaban J connectivity index is 2.24. The molecule has 0 aromatic heterocycles. The van der Waals surface area contributed by atoms with Crippen molar-refractivity contribution in [3.8, 4) is 11.5 Å². The van der Waals surface area contributed by atoms with Gasteiger partial charge < -0.3 is 19.5 Å². The number of rotatable bonds is 8. The summed E-state index contributed by atoms with van der Waals surface area (Å²) in [6.45, 7) is 7.07. The smallest absolute Gasteiger partial charge is 0.346 e. The quantitative estimate of drug-likeness (QED) is 0.395. The van der Waals surface area contributed by atoms with E-state index >= 15 is 0 Å². The number of hydrogen-bond acceptors (Lipinski definition) is 7. The topological polar surface area (TPSA) is 117 Å². The maximum Gasteiger partial charge on any atom is 0.346 e. The van der Waals surface area contributed by atoms with Gasteiger partial charge in [-0.3, -0.25) is 14.9 Å². The number of ether oxygens (including phenoxy) is 3. The van der Waals surface area contributed by atoms with Gasteiger partial charge in [0.05, 0.1) is 24.7 Å². The number of nitrogens with one attached hydrogen (secondary N) is 1. The van der Waals surface area contributed by atoms with Crippen molar-refractivity contribution < 1.29 is 28.7 Å². The van der Waals surface area contributed by atoms with E-state index in [1.165, 1.54) is 20.1 Å². The number of esters is 1. The largest absolute Gasteiger partial charge is 0.493 e. The fourth-order valence-electron chi connectivity index (χ4n) is 2.67. The van der Waals surface area contributed by atoms with E-state index in [4.69, 9.17) is 14.2 Å². The Kier molecular flexibility index (Phi) is 7.35. The van der Waals surface area contributed by atoms with Crippen LogP contribution in [0.3, 0.4) is 0 Å². The molecular weight excluding hydrogens is 392 g/mol. The Morgan fingerprint density at radius 2 is 1.87 bits per heavy atom. The average molecular weight is 416 g/mol. The second kappa shape index (κ2) is 9.73. The molecule has 1 amide bonds. The summed E-state index contributed by atoms with van der Waals surface area (Å²) in [5, 5.41) is 14.1. The summed E-state index contributed by atoms with van der Waals surface area (Å²) >= 11 is 0. The van der Waals surface area contributed by atoms with E-state index in [0.29, 0.717) is 5.69 Å². The number of benzene rings is 2. The molecule has 0 saturated heterocycles. The predicted octanol–water partition coefficient (Wildman–Crippen LogP) is 3.80. The molecule has 160 valence electrons. The molecule has 0 saturated carbocycles. The summed E-state index contributed by atoms with van der Waals surface area (Å²) in [5.41, 5.74) is 1.55. The Hall–Kier alpha value is -3.62. The van der Waals surface area contributed by atoms with Gasteiger partial charge in [-0.15, -0.1) is 0 Å². The van der Waals surface area contributed by atoms with Gasteiger partial charge in [0.2, 0.25) is 0 Å². The van der Waals surface area contributed by atoms with Gasteiger partial charge in [-0.1, -0.05) is 12.1 Å². The maximum atomic E-state index is 12.6. The van der Waals surface area contributed by atoms with E-state index < -0.39 is 28.6 Å². The second-order valence-corrected chi connectivity index (χ2v) is 6.57. The first kappa shape index (κ1) is 22.7. The standard InChI is InChI=1S/C21H24N2O7/c1-6-29-19-11-17(23(26)27)15(10-18(19)28-5)21(25)30-14(4)20(24)22-16-9-12(2)7-8-13(16)3/h7-11,14H,6H2,1-5H3,(H,22,24)/t14-/m1/s1. The second-order valence-electron chi connectivity index (χ2n) is 6.57. The first-order valence-corrected chi connectivity index (χ1v) is 9.26. The van der Waals surface area contributed by atoms with Crippen molar-refractivity contribution in [3.05, 3.63) is 57.1 Å². The maximum absolute atomic E-state index is 12.6. The van der Waals surface area contributed by atoms with Crippen molar-refractivity contribution in [2.45, 2.75) is 33.8 Å². The van der Waals surface area contributed by atoms with Crippen LogP contribution in [0.25, 0.3) is 0 Å². The van der Waals surface area contributed by atoms with Crippen LogP contribution in [0.15, 0.2) is 30.3 Å². The lowest BCUT2D eigenvalue weighted by Crippen LogP contribution is -2.30. The zero-order valence-electron chi connectivity index (χ0n) is 17.5. The molecule has 0 aliphatic rings. The number of nitrogens with zero attached hydrogens (tertiary/aromatic N) is 1. The zero-order chi connectivity index (χ0) is 22.4. The molecule has 0 bridgehead atoms. The van der Waals surface area contributed by atoms with Crippen LogP contribution in [0.5, 0.6) is 11.5 Å². The fraction of sp³-hybridized carbons (Fsp3) is 0.333. The molecule has 2 aromatic carbocycles. The molecule has 0 heterocycles. The first-order valence-electron chi connectivity index (χ1n) is 9.26. The van der Waals surface area contributed by atoms with Gasteiger partial charge in [0.1, 0.15) is 5.56 Å². The number of anilines is 1. The summed E-state index contributed by atoms with van der Waals surface area (Å²) in [6, 6.07) is 7.83. The van der Waals surface area contributed by atoms with Gasteiger partial charge in [0.15, 0.2) is 17.6 Å². The molecule has 30 heavy (non-hydrogen) atoms. The molecule has 1 N–H and O–H groups in total. The molecule has 0 radical (unpaired) electrons. The highest BCUT2D eigenvalue weighted by Gasteiger charge is 2.28. The number of amides is 1. The number of carbonyl (C=O) groups excluding carboxylic acids is 2. The molecule has 0 spiro atoms. The lowest BCUT2D eigenvalue weighted by atomic mass is 10.1. The average Bonchev–Trinajstić information content (AvgIpc) is 2.70. The van der Waals surface area contributed by atoms with Crippen LogP contribution in [-0.2, 0) is 9.53 Å². The van der Waals surface area contributed by atoms with E-state index in [2.05, 4.69) is 5.32 Å². The minimum absolute atomic E-state index is 0.129. The summed E-state index contributed by atoms with van der Waals surface area (Å²) in [4.78, 5) is 35.8. The summed E-state index contributed by atoms with van der Waals surface area (Å²) in [5.74, 6) is -1.31. The number of nitro benzene ring substituents is 1. The molecule has 2 rings (SSSR count). The third-order valence-electron chi connectivity index (χ3n) is 4.30. The first-order chi connectivity index (χ1) is 14.2.